The lowest BCUT2D eigenvalue weighted by molar-refractivity contribution is -0.116. The van der Waals surface area contributed by atoms with Crippen molar-refractivity contribution in [1.29, 1.82) is 0 Å². The Hall–Kier alpha value is -2.81. The molecular weight excluding hydrogens is 310 g/mol. The van der Waals surface area contributed by atoms with Gasteiger partial charge in [0.25, 0.3) is 0 Å². The number of hydrogen-bond acceptors (Lipinski definition) is 2. The molecule has 2 aromatic carbocycles. The van der Waals surface area contributed by atoms with Crippen molar-refractivity contribution in [2.75, 3.05) is 5.32 Å². The molecule has 0 saturated carbocycles. The van der Waals surface area contributed by atoms with Gasteiger partial charge in [0.2, 0.25) is 5.91 Å². The van der Waals surface area contributed by atoms with Gasteiger partial charge in [0.15, 0.2) is 0 Å². The van der Waals surface area contributed by atoms with Crippen LogP contribution < -0.4 is 5.32 Å². The van der Waals surface area contributed by atoms with Crippen LogP contribution in [0.4, 0.5) is 5.69 Å². The van der Waals surface area contributed by atoms with Crippen molar-refractivity contribution in [2.24, 2.45) is 0 Å². The third-order valence-corrected chi connectivity index (χ3v) is 4.39. The van der Waals surface area contributed by atoms with Gasteiger partial charge >= 0.3 is 0 Å². The fourth-order valence-electron chi connectivity index (χ4n) is 2.66. The zero-order chi connectivity index (χ0) is 17.8. The van der Waals surface area contributed by atoms with Crippen LogP contribution in [0, 0.1) is 20.8 Å². The molecular formula is C22H23NO2. The first-order chi connectivity index (χ1) is 12.0. The number of aryl methyl sites for hydroxylation is 4. The molecule has 0 aliphatic rings. The molecule has 0 radical (unpaired) electrons. The lowest BCUT2D eigenvalue weighted by atomic mass is 10.1. The summed E-state index contributed by atoms with van der Waals surface area (Å²) < 4.78 is 5.90. The second kappa shape index (κ2) is 7.39. The molecule has 3 rings (SSSR count). The van der Waals surface area contributed by atoms with Gasteiger partial charge < -0.3 is 9.73 Å². The van der Waals surface area contributed by atoms with Crippen LogP contribution in [0.2, 0.25) is 0 Å². The largest absolute Gasteiger partial charge is 0.461 e. The highest BCUT2D eigenvalue weighted by Gasteiger charge is 2.08. The minimum atomic E-state index is -0.00650. The summed E-state index contributed by atoms with van der Waals surface area (Å²) in [6.07, 6.45) is 0.982. The van der Waals surface area contributed by atoms with Crippen LogP contribution in [0.15, 0.2) is 59.0 Å². The van der Waals surface area contributed by atoms with Gasteiger partial charge in [-0.15, -0.1) is 0 Å². The van der Waals surface area contributed by atoms with Gasteiger partial charge in [0, 0.05) is 24.1 Å². The van der Waals surface area contributed by atoms with E-state index >= 15 is 0 Å². The van der Waals surface area contributed by atoms with E-state index < -0.39 is 0 Å². The highest BCUT2D eigenvalue weighted by Crippen LogP contribution is 2.25. The molecule has 1 aromatic heterocycles. The van der Waals surface area contributed by atoms with Gasteiger partial charge in [-0.3, -0.25) is 4.79 Å². The van der Waals surface area contributed by atoms with Crippen LogP contribution in [-0.2, 0) is 11.2 Å². The smallest absolute Gasteiger partial charge is 0.224 e. The minimum Gasteiger partial charge on any atom is -0.461 e. The number of nitrogens with one attached hydrogen (secondary N) is 1. The number of hydrogen-bond donors (Lipinski definition) is 1. The summed E-state index contributed by atoms with van der Waals surface area (Å²) in [5, 5.41) is 2.91. The number of carbonyl (C=O) groups is 1. The maximum atomic E-state index is 12.1. The molecule has 0 spiro atoms. The summed E-state index contributed by atoms with van der Waals surface area (Å²) in [6, 6.07) is 18.0. The van der Waals surface area contributed by atoms with Crippen molar-refractivity contribution in [3.63, 3.8) is 0 Å². The first-order valence-electron chi connectivity index (χ1n) is 8.54. The zero-order valence-corrected chi connectivity index (χ0v) is 14.9. The van der Waals surface area contributed by atoms with Crippen molar-refractivity contribution < 1.29 is 9.21 Å². The second-order valence-electron chi connectivity index (χ2n) is 6.48. The molecule has 0 unspecified atom stereocenters. The third kappa shape index (κ3) is 4.38. The summed E-state index contributed by atoms with van der Waals surface area (Å²) in [5.41, 5.74) is 5.58. The first kappa shape index (κ1) is 17.0. The highest BCUT2D eigenvalue weighted by molar-refractivity contribution is 5.90. The average molecular weight is 333 g/mol. The van der Waals surface area contributed by atoms with Crippen molar-refractivity contribution in [2.45, 2.75) is 33.6 Å². The van der Waals surface area contributed by atoms with Gasteiger partial charge in [-0.2, -0.15) is 0 Å². The highest BCUT2D eigenvalue weighted by atomic mass is 16.3. The second-order valence-corrected chi connectivity index (χ2v) is 6.48. The Morgan fingerprint density at radius 3 is 2.40 bits per heavy atom. The summed E-state index contributed by atoms with van der Waals surface area (Å²) in [6.45, 7) is 6.22. The van der Waals surface area contributed by atoms with E-state index in [1.54, 1.807) is 0 Å². The van der Waals surface area contributed by atoms with E-state index in [-0.39, 0.29) is 5.91 Å². The average Bonchev–Trinajstić information content (AvgIpc) is 3.07. The Kier molecular flexibility index (Phi) is 5.03. The Balaban J connectivity index is 1.58. The number of rotatable bonds is 5. The Morgan fingerprint density at radius 2 is 1.68 bits per heavy atom. The molecule has 25 heavy (non-hydrogen) atoms. The van der Waals surface area contributed by atoms with Crippen molar-refractivity contribution in [3.8, 4) is 11.3 Å². The summed E-state index contributed by atoms with van der Waals surface area (Å²) in [7, 11) is 0. The predicted molar refractivity (Wildman–Crippen MR) is 102 cm³/mol. The summed E-state index contributed by atoms with van der Waals surface area (Å²) >= 11 is 0. The molecule has 128 valence electrons. The first-order valence-corrected chi connectivity index (χ1v) is 8.54. The molecule has 0 saturated heterocycles. The SMILES string of the molecule is Cc1ccc(NC(=O)CCc2ccc(-c3ccc(C)c(C)c3)o2)cc1. The molecule has 0 atom stereocenters. The number of furan rings is 1. The topological polar surface area (TPSA) is 42.2 Å². The Labute approximate surface area is 148 Å². The quantitative estimate of drug-likeness (QED) is 0.675. The fourth-order valence-corrected chi connectivity index (χ4v) is 2.66. The van der Waals surface area contributed by atoms with E-state index in [9.17, 15) is 4.79 Å². The molecule has 3 aromatic rings. The Morgan fingerprint density at radius 1 is 0.920 bits per heavy atom. The van der Waals surface area contributed by atoms with E-state index in [0.717, 1.165) is 22.8 Å². The Bertz CT molecular complexity index is 875. The van der Waals surface area contributed by atoms with E-state index in [4.69, 9.17) is 4.42 Å². The van der Waals surface area contributed by atoms with E-state index in [1.165, 1.54) is 16.7 Å². The number of benzene rings is 2. The number of amides is 1. The minimum absolute atomic E-state index is 0.00650. The molecule has 0 aliphatic carbocycles. The van der Waals surface area contributed by atoms with E-state index in [1.807, 2.05) is 43.3 Å². The van der Waals surface area contributed by atoms with Gasteiger partial charge in [-0.05, 0) is 62.2 Å². The lowest BCUT2D eigenvalue weighted by Gasteiger charge is -2.05. The predicted octanol–water partition coefficient (Wildman–Crippen LogP) is 5.44. The molecule has 1 N–H and O–H groups in total. The van der Waals surface area contributed by atoms with Crippen LogP contribution in [0.5, 0.6) is 0 Å². The van der Waals surface area contributed by atoms with Crippen LogP contribution >= 0.6 is 0 Å². The van der Waals surface area contributed by atoms with Crippen molar-refractivity contribution in [3.05, 3.63) is 77.0 Å². The maximum Gasteiger partial charge on any atom is 0.224 e. The van der Waals surface area contributed by atoms with E-state index in [2.05, 4.69) is 37.4 Å². The van der Waals surface area contributed by atoms with Crippen molar-refractivity contribution in [1.82, 2.24) is 0 Å². The molecule has 3 heteroatoms. The van der Waals surface area contributed by atoms with Gasteiger partial charge in [-0.1, -0.05) is 29.8 Å². The van der Waals surface area contributed by atoms with E-state index in [0.29, 0.717) is 12.8 Å². The van der Waals surface area contributed by atoms with Crippen LogP contribution in [0.3, 0.4) is 0 Å². The third-order valence-electron chi connectivity index (χ3n) is 4.39. The molecule has 0 fully saturated rings. The van der Waals surface area contributed by atoms with Crippen LogP contribution in [0.25, 0.3) is 11.3 Å². The number of carbonyl (C=O) groups excluding carboxylic acids is 1. The summed E-state index contributed by atoms with van der Waals surface area (Å²) in [5.74, 6) is 1.66. The monoisotopic (exact) mass is 333 g/mol. The fraction of sp³-hybridized carbons (Fsp3) is 0.227. The van der Waals surface area contributed by atoms with Crippen LogP contribution in [-0.4, -0.2) is 5.91 Å². The summed E-state index contributed by atoms with van der Waals surface area (Å²) in [4.78, 5) is 12.1. The number of anilines is 1. The standard InChI is InChI=1S/C22H23NO2/c1-15-4-8-19(9-5-15)23-22(24)13-11-20-10-12-21(25-20)18-7-6-16(2)17(3)14-18/h4-10,12,14H,11,13H2,1-3H3,(H,23,24). The normalized spacial score (nSPS) is 10.7. The molecule has 0 bridgehead atoms. The molecule has 1 amide bonds. The maximum absolute atomic E-state index is 12.1. The van der Waals surface area contributed by atoms with Crippen LogP contribution in [0.1, 0.15) is 28.9 Å². The van der Waals surface area contributed by atoms with Gasteiger partial charge in [0.1, 0.15) is 11.5 Å². The van der Waals surface area contributed by atoms with Crippen molar-refractivity contribution >= 4 is 11.6 Å². The molecule has 1 heterocycles. The molecule has 3 nitrogen and oxygen atoms in total. The zero-order valence-electron chi connectivity index (χ0n) is 14.9. The van der Waals surface area contributed by atoms with Gasteiger partial charge in [-0.25, -0.2) is 0 Å². The lowest BCUT2D eigenvalue weighted by Crippen LogP contribution is -2.12. The molecule has 0 aliphatic heterocycles. The van der Waals surface area contributed by atoms with Gasteiger partial charge in [0.05, 0.1) is 0 Å².